The highest BCUT2D eigenvalue weighted by Crippen LogP contribution is 2.54. The number of amides is 1. The number of fused-ring (bicyclic) bond motifs is 3. The average molecular weight is 716 g/mol. The molecule has 1 aliphatic heterocycles. The fourth-order valence-electron chi connectivity index (χ4n) is 8.57. The van der Waals surface area contributed by atoms with E-state index in [1.807, 2.05) is 15.9 Å². The second kappa shape index (κ2) is 12.8. The molecule has 1 fully saturated rings. The minimum atomic E-state index is -2.72. The number of likely N-dealkylation sites (N-methyl/N-ethyl adjacent to an activating group) is 1. The van der Waals surface area contributed by atoms with Crippen LogP contribution in [0.3, 0.4) is 0 Å². The number of furan rings is 1. The number of aliphatic hydroxyl groups is 3. The summed E-state index contributed by atoms with van der Waals surface area (Å²) < 4.78 is 20.6. The van der Waals surface area contributed by atoms with Gasteiger partial charge in [-0.1, -0.05) is 12.1 Å². The number of hydrogen-bond acceptors (Lipinski definition) is 12. The quantitative estimate of drug-likeness (QED) is 0.226. The summed E-state index contributed by atoms with van der Waals surface area (Å²) in [6.07, 6.45) is 0.162. The molecule has 14 heteroatoms. The summed E-state index contributed by atoms with van der Waals surface area (Å²) in [6.45, 7) is 3.09. The van der Waals surface area contributed by atoms with Gasteiger partial charge in [0, 0.05) is 57.5 Å². The van der Waals surface area contributed by atoms with Gasteiger partial charge >= 0.3 is 0 Å². The summed E-state index contributed by atoms with van der Waals surface area (Å²) in [5.74, 6) is -6.38. The molecular weight excluding hydrogens is 673 g/mol. The molecule has 1 aromatic heterocycles. The maximum Gasteiger partial charge on any atom is 0.255 e. The van der Waals surface area contributed by atoms with Crippen LogP contribution in [0.1, 0.15) is 28.1 Å². The Kier molecular flexibility index (Phi) is 8.67. The van der Waals surface area contributed by atoms with E-state index in [0.29, 0.717) is 61.2 Å². The van der Waals surface area contributed by atoms with Crippen molar-refractivity contribution in [2.75, 3.05) is 64.2 Å². The molecule has 7 rings (SSSR count). The maximum atomic E-state index is 14.4. The van der Waals surface area contributed by atoms with Crippen molar-refractivity contribution in [3.05, 3.63) is 87.8 Å². The lowest BCUT2D eigenvalue weighted by atomic mass is 9.58. The number of phenols is 1. The number of phenolic OH excluding ortho intramolecular Hbond substituents is 1. The molecular formula is C38H42FN5O8. The Morgan fingerprint density at radius 3 is 2.37 bits per heavy atom. The molecule has 13 nitrogen and oxygen atoms in total. The molecule has 4 atom stereocenters. The Labute approximate surface area is 299 Å². The van der Waals surface area contributed by atoms with Crippen LogP contribution in [0, 0.1) is 17.7 Å². The predicted octanol–water partition coefficient (Wildman–Crippen LogP) is 2.91. The van der Waals surface area contributed by atoms with Crippen LogP contribution in [-0.2, 0) is 22.6 Å². The number of ketones is 2. The number of carbonyl (C=O) groups is 3. The lowest BCUT2D eigenvalue weighted by Crippen LogP contribution is -2.63. The topological polar surface area (TPSA) is 184 Å². The van der Waals surface area contributed by atoms with Gasteiger partial charge in [-0.25, -0.2) is 4.39 Å². The summed E-state index contributed by atoms with van der Waals surface area (Å²) in [5, 5.41) is 46.4. The number of allylic oxidation sites excluding steroid dienone is 1. The summed E-state index contributed by atoms with van der Waals surface area (Å²) in [6, 6.07) is 10.9. The number of anilines is 2. The van der Waals surface area contributed by atoms with Crippen LogP contribution in [0.15, 0.2) is 69.5 Å². The summed E-state index contributed by atoms with van der Waals surface area (Å²) in [5.41, 5.74) is 3.50. The molecule has 0 radical (unpaired) electrons. The normalized spacial score (nSPS) is 25.0. The van der Waals surface area contributed by atoms with Crippen molar-refractivity contribution >= 4 is 28.8 Å². The van der Waals surface area contributed by atoms with Crippen LogP contribution >= 0.6 is 0 Å². The number of aliphatic hydroxyl groups excluding tert-OH is 2. The molecule has 4 aliphatic rings. The third kappa shape index (κ3) is 5.35. The van der Waals surface area contributed by atoms with E-state index >= 15 is 0 Å². The first-order valence-electron chi connectivity index (χ1n) is 17.2. The average Bonchev–Trinajstić information content (AvgIpc) is 3.54. The number of nitrogens with zero attached hydrogens (tertiary/aromatic N) is 4. The molecule has 274 valence electrons. The Balaban J connectivity index is 1.22. The minimum absolute atomic E-state index is 0.00274. The van der Waals surface area contributed by atoms with Crippen molar-refractivity contribution in [3.63, 3.8) is 0 Å². The second-order valence-electron chi connectivity index (χ2n) is 14.5. The Morgan fingerprint density at radius 1 is 1.04 bits per heavy atom. The molecule has 1 amide bonds. The van der Waals surface area contributed by atoms with Crippen LogP contribution in [0.5, 0.6) is 5.75 Å². The van der Waals surface area contributed by atoms with Crippen molar-refractivity contribution in [2.45, 2.75) is 31.0 Å². The first kappa shape index (κ1) is 35.2. The molecule has 2 heterocycles. The number of nitrogens with two attached hydrogens (primary N) is 1. The molecule has 0 saturated carbocycles. The number of aromatic hydroxyl groups is 1. The van der Waals surface area contributed by atoms with Gasteiger partial charge in [-0.05, 0) is 68.8 Å². The van der Waals surface area contributed by atoms with Gasteiger partial charge in [0.15, 0.2) is 11.4 Å². The number of Topliss-reactive ketones (excluding diaryl/α,β-unsaturated/α-hetero) is 2. The Hall–Kier alpha value is -5.18. The number of halogens is 1. The Bertz CT molecular complexity index is 2060. The highest BCUT2D eigenvalue weighted by atomic mass is 19.1. The van der Waals surface area contributed by atoms with E-state index in [0.717, 1.165) is 0 Å². The highest BCUT2D eigenvalue weighted by Gasteiger charge is 2.63. The molecule has 52 heavy (non-hydrogen) atoms. The molecule has 0 unspecified atom stereocenters. The van der Waals surface area contributed by atoms with Crippen LogP contribution < -0.4 is 15.5 Å². The fourth-order valence-corrected chi connectivity index (χ4v) is 8.57. The van der Waals surface area contributed by atoms with E-state index in [1.54, 1.807) is 58.5 Å². The number of primary amides is 1. The number of benzene rings is 2. The third-order valence-corrected chi connectivity index (χ3v) is 11.1. The molecule has 3 aliphatic carbocycles. The Morgan fingerprint density at radius 2 is 1.73 bits per heavy atom. The van der Waals surface area contributed by atoms with Gasteiger partial charge in [-0.15, -0.1) is 0 Å². The monoisotopic (exact) mass is 715 g/mol. The maximum absolute atomic E-state index is 14.4. The number of carbonyl (C=O) groups excluding carboxylic acids is 3. The van der Waals surface area contributed by atoms with Crippen LogP contribution in [0.4, 0.5) is 15.8 Å². The molecule has 1 saturated heterocycles. The summed E-state index contributed by atoms with van der Waals surface area (Å²) in [4.78, 5) is 47.9. The van der Waals surface area contributed by atoms with E-state index in [-0.39, 0.29) is 41.1 Å². The second-order valence-corrected chi connectivity index (χ2v) is 14.5. The lowest BCUT2D eigenvalue weighted by Gasteiger charge is -2.50. The summed E-state index contributed by atoms with van der Waals surface area (Å²) >= 11 is 0. The molecule has 3 aromatic rings. The number of piperazine rings is 1. The van der Waals surface area contributed by atoms with Crippen molar-refractivity contribution in [3.8, 4) is 17.1 Å². The first-order chi connectivity index (χ1) is 24.6. The van der Waals surface area contributed by atoms with Gasteiger partial charge in [-0.3, -0.25) is 24.2 Å². The van der Waals surface area contributed by atoms with Gasteiger partial charge < -0.3 is 40.4 Å². The van der Waals surface area contributed by atoms with E-state index in [2.05, 4.69) is 4.90 Å². The van der Waals surface area contributed by atoms with Gasteiger partial charge in [-0.2, -0.15) is 0 Å². The largest absolute Gasteiger partial charge is 0.510 e. The van der Waals surface area contributed by atoms with Crippen LogP contribution in [0.2, 0.25) is 0 Å². The van der Waals surface area contributed by atoms with E-state index < -0.39 is 58.0 Å². The molecule has 2 aromatic carbocycles. The van der Waals surface area contributed by atoms with Gasteiger partial charge in [0.2, 0.25) is 5.78 Å². The van der Waals surface area contributed by atoms with E-state index in [4.69, 9.17) is 10.2 Å². The van der Waals surface area contributed by atoms with Gasteiger partial charge in [0.05, 0.1) is 29.4 Å². The zero-order valence-corrected chi connectivity index (χ0v) is 29.4. The van der Waals surface area contributed by atoms with Crippen molar-refractivity contribution in [2.24, 2.45) is 17.6 Å². The lowest BCUT2D eigenvalue weighted by molar-refractivity contribution is -0.148. The molecule has 0 spiro atoms. The van der Waals surface area contributed by atoms with Gasteiger partial charge in [0.1, 0.15) is 40.2 Å². The first-order valence-corrected chi connectivity index (χ1v) is 17.2. The number of hydrogen-bond donors (Lipinski definition) is 5. The van der Waals surface area contributed by atoms with E-state index in [9.17, 15) is 39.2 Å². The highest BCUT2D eigenvalue weighted by molar-refractivity contribution is 6.25. The van der Waals surface area contributed by atoms with E-state index in [1.165, 1.54) is 11.0 Å². The SMILES string of the molecule is CN(C)c1cc(-c2ccc(CN3CCN(c4ccccc4F)CC3)o2)c(O)c2c1C[C@@H]1C[C@@H]3[C@@H](N(C)C)C(O)=C(C(N)=O)C(=O)[C@@]3(O)C(O)=C1C2=O. The number of para-hydroxylation sites is 1. The molecule has 6 N–H and O–H groups in total. The predicted molar refractivity (Wildman–Crippen MR) is 190 cm³/mol. The van der Waals surface area contributed by atoms with Crippen molar-refractivity contribution < 1.29 is 43.6 Å². The zero-order chi connectivity index (χ0) is 37.4. The standard InChI is InChI=1S/C38H42FN5O8/c1-41(2)26-17-22(27-10-9-20(52-27)18-43-11-13-44(14-12-43)25-8-6-5-7-24(25)39)32(45)29-21(26)15-19-16-23-31(42(3)4)34(47)30(37(40)50)36(49)38(23,51)35(48)28(19)33(29)46/h5-10,17,19,23,31,45,47-48,51H,11-16,18H2,1-4H3,(H2,40,50)/t19-,23-,31-,38+/m1/s1. The number of rotatable bonds is 7. The van der Waals surface area contributed by atoms with Crippen molar-refractivity contribution in [1.82, 2.24) is 9.80 Å². The van der Waals surface area contributed by atoms with Gasteiger partial charge in [0.25, 0.3) is 5.91 Å². The molecule has 0 bridgehead atoms. The van der Waals surface area contributed by atoms with Crippen molar-refractivity contribution in [1.29, 1.82) is 0 Å². The smallest absolute Gasteiger partial charge is 0.255 e. The van der Waals surface area contributed by atoms with Crippen LogP contribution in [0.25, 0.3) is 11.3 Å². The zero-order valence-electron chi connectivity index (χ0n) is 29.4. The van der Waals surface area contributed by atoms with Crippen LogP contribution in [-0.4, -0.2) is 114 Å². The minimum Gasteiger partial charge on any atom is -0.510 e. The fraction of sp³-hybridized carbons (Fsp3) is 0.395. The summed E-state index contributed by atoms with van der Waals surface area (Å²) in [7, 11) is 6.78. The third-order valence-electron chi connectivity index (χ3n) is 11.1.